The van der Waals surface area contributed by atoms with Gasteiger partial charge in [-0.05, 0) is 24.3 Å². The Labute approximate surface area is 137 Å². The molecule has 0 saturated heterocycles. The average molecular weight is 329 g/mol. The third-order valence-corrected chi connectivity index (χ3v) is 3.52. The van der Waals surface area contributed by atoms with E-state index in [0.717, 1.165) is 16.5 Å². The van der Waals surface area contributed by atoms with Gasteiger partial charge >= 0.3 is 0 Å². The molecule has 0 aliphatic rings. The first-order valence-corrected chi connectivity index (χ1v) is 7.18. The summed E-state index contributed by atoms with van der Waals surface area (Å²) in [6, 6.07) is 14.0. The van der Waals surface area contributed by atoms with Gasteiger partial charge in [0.05, 0.1) is 11.7 Å². The molecule has 3 aromatic rings. The van der Waals surface area contributed by atoms with Crippen LogP contribution in [-0.2, 0) is 0 Å². The van der Waals surface area contributed by atoms with Crippen LogP contribution in [-0.4, -0.2) is 16.4 Å². The van der Waals surface area contributed by atoms with E-state index in [1.807, 2.05) is 30.3 Å². The van der Waals surface area contributed by atoms with Crippen LogP contribution in [0.15, 0.2) is 59.8 Å². The lowest BCUT2D eigenvalue weighted by molar-refractivity contribution is -0.990. The maximum absolute atomic E-state index is 11.2. The van der Waals surface area contributed by atoms with Gasteiger partial charge in [0.15, 0.2) is 5.69 Å². The maximum Gasteiger partial charge on any atom is 0.189 e. The van der Waals surface area contributed by atoms with Gasteiger partial charge in [0, 0.05) is 28.2 Å². The monoisotopic (exact) mass is 328 g/mol. The van der Waals surface area contributed by atoms with Crippen molar-refractivity contribution in [1.82, 2.24) is 4.98 Å². The highest BCUT2D eigenvalue weighted by Crippen LogP contribution is 2.22. The molecule has 23 heavy (non-hydrogen) atoms. The number of para-hydroxylation sites is 1. The third kappa shape index (κ3) is 3.46. The molecular weight excluding hydrogens is 316 g/mol. The van der Waals surface area contributed by atoms with Crippen LogP contribution >= 0.6 is 11.6 Å². The van der Waals surface area contributed by atoms with Gasteiger partial charge in [0.1, 0.15) is 5.69 Å². The maximum atomic E-state index is 11.2. The molecule has 2 aromatic carbocycles. The number of pyridine rings is 1. The Morgan fingerprint density at radius 3 is 2.87 bits per heavy atom. The van der Waals surface area contributed by atoms with Crippen molar-refractivity contribution in [3.63, 3.8) is 0 Å². The van der Waals surface area contributed by atoms with Crippen LogP contribution in [0.1, 0.15) is 5.56 Å². The van der Waals surface area contributed by atoms with Gasteiger partial charge in [-0.1, -0.05) is 29.8 Å². The number of rotatable bonds is 4. The van der Waals surface area contributed by atoms with Crippen molar-refractivity contribution in [3.05, 3.63) is 70.5 Å². The highest BCUT2D eigenvalue weighted by Gasteiger charge is 2.08. The second-order valence-electron chi connectivity index (χ2n) is 4.78. The fraction of sp³-hybridized carbons (Fsp3) is 0. The zero-order chi connectivity index (χ0) is 16.2. The number of fused-ring (bicyclic) bond motifs is 1. The predicted molar refractivity (Wildman–Crippen MR) is 90.2 cm³/mol. The SMILES string of the molecule is [O-][NH+](O)c1ccc(Cl)cc1N/N=C/c1ccnc2ccccc12. The molecule has 0 radical (unpaired) electrons. The summed E-state index contributed by atoms with van der Waals surface area (Å²) in [5.74, 6) is 0. The Balaban J connectivity index is 1.88. The Hall–Kier alpha value is -2.51. The van der Waals surface area contributed by atoms with E-state index in [0.29, 0.717) is 10.7 Å². The van der Waals surface area contributed by atoms with Gasteiger partial charge in [-0.15, -0.1) is 0 Å². The van der Waals surface area contributed by atoms with E-state index >= 15 is 0 Å². The van der Waals surface area contributed by atoms with Gasteiger partial charge in [-0.3, -0.25) is 10.4 Å². The van der Waals surface area contributed by atoms with Gasteiger partial charge in [0.25, 0.3) is 0 Å². The van der Waals surface area contributed by atoms with Crippen molar-refractivity contribution in [3.8, 4) is 0 Å². The summed E-state index contributed by atoms with van der Waals surface area (Å²) < 4.78 is 0. The van der Waals surface area contributed by atoms with Gasteiger partial charge in [-0.2, -0.15) is 10.3 Å². The van der Waals surface area contributed by atoms with E-state index in [1.54, 1.807) is 12.4 Å². The van der Waals surface area contributed by atoms with Crippen LogP contribution in [0.5, 0.6) is 0 Å². The van der Waals surface area contributed by atoms with E-state index in [1.165, 1.54) is 18.2 Å². The lowest BCUT2D eigenvalue weighted by atomic mass is 10.1. The van der Waals surface area contributed by atoms with Crippen molar-refractivity contribution >= 4 is 40.1 Å². The lowest BCUT2D eigenvalue weighted by Crippen LogP contribution is -2.99. The summed E-state index contributed by atoms with van der Waals surface area (Å²) >= 11 is 5.90. The third-order valence-electron chi connectivity index (χ3n) is 3.28. The number of aromatic nitrogens is 1. The van der Waals surface area contributed by atoms with E-state index in [4.69, 9.17) is 11.6 Å². The molecular formula is C16H13ClN4O2. The van der Waals surface area contributed by atoms with Crippen molar-refractivity contribution in [2.75, 3.05) is 5.43 Å². The topological polar surface area (TPSA) is 85.0 Å². The standard InChI is InChI=1S/C16H13ClN4O2/c17-12-5-6-16(21(22)23)15(9-12)20-19-10-11-7-8-18-14-4-2-1-3-13(11)14/h1-10,20-22H/b19-10+. The van der Waals surface area contributed by atoms with Gasteiger partial charge in [0.2, 0.25) is 0 Å². The molecule has 116 valence electrons. The average Bonchev–Trinajstić information content (AvgIpc) is 2.55. The summed E-state index contributed by atoms with van der Waals surface area (Å²) in [6.07, 6.45) is 3.32. The normalized spacial score (nSPS) is 12.7. The van der Waals surface area contributed by atoms with Gasteiger partial charge < -0.3 is 5.21 Å². The molecule has 3 rings (SSSR count). The van der Waals surface area contributed by atoms with Crippen LogP contribution in [0.25, 0.3) is 10.9 Å². The summed E-state index contributed by atoms with van der Waals surface area (Å²) in [6.45, 7) is 0. The molecule has 0 fully saturated rings. The Bertz CT molecular complexity index is 862. The summed E-state index contributed by atoms with van der Waals surface area (Å²) in [5, 5.41) is 24.8. The second kappa shape index (κ2) is 6.72. The summed E-state index contributed by atoms with van der Waals surface area (Å²) in [7, 11) is 0. The van der Waals surface area contributed by atoms with Crippen LogP contribution in [0.3, 0.4) is 0 Å². The Morgan fingerprint density at radius 1 is 1.22 bits per heavy atom. The molecule has 1 aromatic heterocycles. The zero-order valence-corrected chi connectivity index (χ0v) is 12.7. The molecule has 0 aliphatic carbocycles. The highest BCUT2D eigenvalue weighted by molar-refractivity contribution is 6.31. The predicted octanol–water partition coefficient (Wildman–Crippen LogP) is 2.74. The van der Waals surface area contributed by atoms with Crippen molar-refractivity contribution < 1.29 is 10.4 Å². The lowest BCUT2D eigenvalue weighted by Gasteiger charge is -2.15. The fourth-order valence-corrected chi connectivity index (χ4v) is 2.37. The number of benzene rings is 2. The van der Waals surface area contributed by atoms with Crippen molar-refractivity contribution in [1.29, 1.82) is 0 Å². The van der Waals surface area contributed by atoms with Gasteiger partial charge in [-0.25, -0.2) is 5.21 Å². The first-order chi connectivity index (χ1) is 11.1. The molecule has 0 bridgehead atoms. The minimum Gasteiger partial charge on any atom is -0.595 e. The molecule has 7 heteroatoms. The number of hydrazone groups is 1. The minimum atomic E-state index is -1.05. The number of nitrogens with one attached hydrogen (secondary N) is 2. The number of anilines is 1. The molecule has 0 spiro atoms. The fourth-order valence-electron chi connectivity index (χ4n) is 2.20. The van der Waals surface area contributed by atoms with E-state index < -0.39 is 5.23 Å². The number of hydrogen-bond acceptors (Lipinski definition) is 5. The highest BCUT2D eigenvalue weighted by atomic mass is 35.5. The molecule has 1 heterocycles. The smallest absolute Gasteiger partial charge is 0.189 e. The molecule has 0 amide bonds. The first-order valence-electron chi connectivity index (χ1n) is 6.81. The summed E-state index contributed by atoms with van der Waals surface area (Å²) in [5.41, 5.74) is 4.91. The zero-order valence-electron chi connectivity index (χ0n) is 11.9. The van der Waals surface area contributed by atoms with E-state index in [9.17, 15) is 10.4 Å². The molecule has 0 aliphatic heterocycles. The largest absolute Gasteiger partial charge is 0.595 e. The minimum absolute atomic E-state index is 0.103. The van der Waals surface area contributed by atoms with Crippen molar-refractivity contribution in [2.45, 2.75) is 0 Å². The number of nitrogens with zero attached hydrogens (tertiary/aromatic N) is 2. The molecule has 0 saturated carbocycles. The molecule has 3 N–H and O–H groups in total. The van der Waals surface area contributed by atoms with Crippen LogP contribution in [0.4, 0.5) is 11.4 Å². The van der Waals surface area contributed by atoms with E-state index in [2.05, 4.69) is 15.5 Å². The second-order valence-corrected chi connectivity index (χ2v) is 5.22. The van der Waals surface area contributed by atoms with Crippen LogP contribution in [0, 0.1) is 5.21 Å². The number of hydrogen-bond donors (Lipinski definition) is 3. The van der Waals surface area contributed by atoms with Crippen LogP contribution in [0.2, 0.25) is 5.02 Å². The van der Waals surface area contributed by atoms with E-state index in [-0.39, 0.29) is 5.69 Å². The number of quaternary nitrogens is 1. The van der Waals surface area contributed by atoms with Crippen molar-refractivity contribution in [2.24, 2.45) is 5.10 Å². The first kappa shape index (κ1) is 15.4. The quantitative estimate of drug-likeness (QED) is 0.508. The van der Waals surface area contributed by atoms with Crippen LogP contribution < -0.4 is 10.7 Å². The molecule has 1 atom stereocenters. The Morgan fingerprint density at radius 2 is 2.04 bits per heavy atom. The summed E-state index contributed by atoms with van der Waals surface area (Å²) in [4.78, 5) is 4.28. The molecule has 6 nitrogen and oxygen atoms in total. The molecule has 1 unspecified atom stereocenters. The Kier molecular flexibility index (Phi) is 4.50. The number of halogens is 1.